The number of hydrogen-bond donors (Lipinski definition) is 0. The first kappa shape index (κ1) is 41.0. The van der Waals surface area contributed by atoms with Crippen LogP contribution in [0.2, 0.25) is 0 Å². The molecular formula is C37H69ClO4. The molecule has 0 aromatic rings. The molecule has 0 aliphatic heterocycles. The predicted octanol–water partition coefficient (Wildman–Crippen LogP) is 12.2. The van der Waals surface area contributed by atoms with E-state index >= 15 is 0 Å². The van der Waals surface area contributed by atoms with E-state index in [9.17, 15) is 9.59 Å². The highest BCUT2D eigenvalue weighted by Crippen LogP contribution is 2.14. The molecule has 0 heterocycles. The molecule has 0 saturated carbocycles. The molecule has 1 atom stereocenters. The first-order chi connectivity index (χ1) is 20.6. The third-order valence-electron chi connectivity index (χ3n) is 8.03. The van der Waals surface area contributed by atoms with Crippen molar-refractivity contribution in [2.45, 2.75) is 200 Å². The molecule has 4 nitrogen and oxygen atoms in total. The molecular weight excluding hydrogens is 544 g/mol. The Morgan fingerprint density at radius 3 is 1.29 bits per heavy atom. The molecule has 5 heteroatoms. The Kier molecular flexibility index (Phi) is 33.6. The maximum atomic E-state index is 12.2. The lowest BCUT2D eigenvalue weighted by Gasteiger charge is -2.15. The summed E-state index contributed by atoms with van der Waals surface area (Å²) in [6.45, 7) is 4.58. The Bertz CT molecular complexity index is 607. The van der Waals surface area contributed by atoms with Crippen LogP contribution in [0.25, 0.3) is 0 Å². The second-order valence-electron chi connectivity index (χ2n) is 12.3. The molecule has 0 aliphatic rings. The highest BCUT2D eigenvalue weighted by Gasteiger charge is 2.16. The highest BCUT2D eigenvalue weighted by molar-refractivity contribution is 6.18. The van der Waals surface area contributed by atoms with E-state index in [4.69, 9.17) is 21.1 Å². The summed E-state index contributed by atoms with van der Waals surface area (Å²) < 4.78 is 10.8. The van der Waals surface area contributed by atoms with E-state index in [2.05, 4.69) is 26.0 Å². The Morgan fingerprint density at radius 2 is 0.881 bits per heavy atom. The fraction of sp³-hybridized carbons (Fsp3) is 0.892. The molecule has 248 valence electrons. The minimum absolute atomic E-state index is 0.0533. The second-order valence-corrected chi connectivity index (χ2v) is 12.6. The molecule has 0 fully saturated rings. The van der Waals surface area contributed by atoms with Gasteiger partial charge in [0.05, 0.1) is 5.88 Å². The van der Waals surface area contributed by atoms with Crippen molar-refractivity contribution >= 4 is 23.5 Å². The largest absolute Gasteiger partial charge is 0.462 e. The summed E-state index contributed by atoms with van der Waals surface area (Å²) in [5.74, 6) is -0.322. The van der Waals surface area contributed by atoms with E-state index in [1.54, 1.807) is 0 Å². The molecule has 0 rings (SSSR count). The van der Waals surface area contributed by atoms with Crippen LogP contribution in [0.1, 0.15) is 194 Å². The van der Waals surface area contributed by atoms with Crippen LogP contribution in [0.5, 0.6) is 0 Å². The number of alkyl halides is 1. The van der Waals surface area contributed by atoms with Crippen LogP contribution >= 0.6 is 11.6 Å². The number of halogens is 1. The average molecular weight is 613 g/mol. The molecule has 0 bridgehead atoms. The SMILES string of the molecule is CCCCCCCC/C=C\CCCCCCCC(=O)OCC(CCl)OC(=O)CCCCCCCCCCCCCCC. The van der Waals surface area contributed by atoms with E-state index in [1.807, 2.05) is 0 Å². The summed E-state index contributed by atoms with van der Waals surface area (Å²) in [6.07, 6.45) is 37.6. The molecule has 1 unspecified atom stereocenters. The Balaban J connectivity index is 3.55. The molecule has 0 N–H and O–H groups in total. The van der Waals surface area contributed by atoms with Gasteiger partial charge in [-0.15, -0.1) is 11.6 Å². The molecule has 0 saturated heterocycles. The zero-order valence-electron chi connectivity index (χ0n) is 28.0. The van der Waals surface area contributed by atoms with Crippen LogP contribution in [-0.2, 0) is 19.1 Å². The standard InChI is InChI=1S/C37H69ClO4/c1-3-5-7-9-11-13-15-17-18-20-21-23-25-27-29-31-36(39)41-34-35(33-38)42-37(40)32-30-28-26-24-22-19-16-14-12-10-8-6-4-2/h17-18,35H,3-16,19-34H2,1-2H3/b18-17-. The molecule has 42 heavy (non-hydrogen) atoms. The summed E-state index contributed by atoms with van der Waals surface area (Å²) in [5.41, 5.74) is 0. The van der Waals surface area contributed by atoms with Gasteiger partial charge in [-0.1, -0.05) is 154 Å². The summed E-state index contributed by atoms with van der Waals surface area (Å²) in [7, 11) is 0. The van der Waals surface area contributed by atoms with E-state index in [0.29, 0.717) is 12.8 Å². The van der Waals surface area contributed by atoms with Crippen molar-refractivity contribution in [1.29, 1.82) is 0 Å². The maximum Gasteiger partial charge on any atom is 0.306 e. The number of hydrogen-bond acceptors (Lipinski definition) is 4. The van der Waals surface area contributed by atoms with Crippen molar-refractivity contribution in [1.82, 2.24) is 0 Å². The minimum atomic E-state index is -0.556. The van der Waals surface area contributed by atoms with E-state index in [-0.39, 0.29) is 24.4 Å². The van der Waals surface area contributed by atoms with Crippen molar-refractivity contribution in [2.75, 3.05) is 12.5 Å². The smallest absolute Gasteiger partial charge is 0.306 e. The van der Waals surface area contributed by atoms with Crippen LogP contribution in [-0.4, -0.2) is 30.5 Å². The molecule has 0 spiro atoms. The number of unbranched alkanes of at least 4 members (excludes halogenated alkanes) is 23. The third kappa shape index (κ3) is 31.9. The molecule has 0 radical (unpaired) electrons. The fourth-order valence-electron chi connectivity index (χ4n) is 5.24. The quantitative estimate of drug-likeness (QED) is 0.0320. The van der Waals surface area contributed by atoms with Gasteiger partial charge in [0, 0.05) is 12.8 Å². The van der Waals surface area contributed by atoms with Gasteiger partial charge in [0.15, 0.2) is 0 Å². The van der Waals surface area contributed by atoms with E-state index in [0.717, 1.165) is 38.5 Å². The van der Waals surface area contributed by atoms with Gasteiger partial charge in [-0.05, 0) is 38.5 Å². The van der Waals surface area contributed by atoms with E-state index < -0.39 is 6.10 Å². The van der Waals surface area contributed by atoms with Crippen molar-refractivity contribution in [3.05, 3.63) is 12.2 Å². The van der Waals surface area contributed by atoms with Crippen molar-refractivity contribution < 1.29 is 19.1 Å². The van der Waals surface area contributed by atoms with Gasteiger partial charge in [0.25, 0.3) is 0 Å². The van der Waals surface area contributed by atoms with Crippen LogP contribution in [0.3, 0.4) is 0 Å². The van der Waals surface area contributed by atoms with Gasteiger partial charge in [-0.3, -0.25) is 9.59 Å². The highest BCUT2D eigenvalue weighted by atomic mass is 35.5. The van der Waals surface area contributed by atoms with Gasteiger partial charge in [-0.2, -0.15) is 0 Å². The Labute approximate surface area is 266 Å². The lowest BCUT2D eigenvalue weighted by molar-refractivity contribution is -0.157. The first-order valence-electron chi connectivity index (χ1n) is 18.2. The number of carbonyl (C=O) groups is 2. The summed E-state index contributed by atoms with van der Waals surface area (Å²) in [6, 6.07) is 0. The number of rotatable bonds is 33. The zero-order valence-corrected chi connectivity index (χ0v) is 28.7. The van der Waals surface area contributed by atoms with Crippen molar-refractivity contribution in [3.8, 4) is 0 Å². The normalized spacial score (nSPS) is 12.2. The van der Waals surface area contributed by atoms with Crippen molar-refractivity contribution in [2.24, 2.45) is 0 Å². The van der Waals surface area contributed by atoms with Crippen LogP contribution in [0, 0.1) is 0 Å². The number of allylic oxidation sites excluding steroid dienone is 2. The van der Waals surface area contributed by atoms with Gasteiger partial charge >= 0.3 is 11.9 Å². The van der Waals surface area contributed by atoms with E-state index in [1.165, 1.54) is 128 Å². The fourth-order valence-corrected chi connectivity index (χ4v) is 5.39. The maximum absolute atomic E-state index is 12.2. The second kappa shape index (κ2) is 34.5. The minimum Gasteiger partial charge on any atom is -0.462 e. The number of ether oxygens (including phenoxy) is 2. The number of esters is 2. The summed E-state index contributed by atoms with van der Waals surface area (Å²) in [5, 5.41) is 0. The molecule has 0 aromatic heterocycles. The van der Waals surface area contributed by atoms with Crippen LogP contribution in [0.4, 0.5) is 0 Å². The summed E-state index contributed by atoms with van der Waals surface area (Å²) >= 11 is 5.95. The monoisotopic (exact) mass is 612 g/mol. The van der Waals surface area contributed by atoms with Gasteiger partial charge in [-0.25, -0.2) is 0 Å². The number of carbonyl (C=O) groups excluding carboxylic acids is 2. The van der Waals surface area contributed by atoms with Crippen LogP contribution < -0.4 is 0 Å². The van der Waals surface area contributed by atoms with Crippen molar-refractivity contribution in [3.63, 3.8) is 0 Å². The topological polar surface area (TPSA) is 52.6 Å². The Hall–Kier alpha value is -1.03. The van der Waals surface area contributed by atoms with Gasteiger partial charge in [0.2, 0.25) is 0 Å². The third-order valence-corrected chi connectivity index (χ3v) is 8.37. The lowest BCUT2D eigenvalue weighted by Crippen LogP contribution is -2.26. The molecule has 0 amide bonds. The first-order valence-corrected chi connectivity index (χ1v) is 18.7. The zero-order chi connectivity index (χ0) is 30.8. The Morgan fingerprint density at radius 1 is 0.524 bits per heavy atom. The van der Waals surface area contributed by atoms with Gasteiger partial charge < -0.3 is 9.47 Å². The molecule has 0 aliphatic carbocycles. The summed E-state index contributed by atoms with van der Waals surface area (Å²) in [4.78, 5) is 24.2. The average Bonchev–Trinajstić information content (AvgIpc) is 2.99. The molecule has 0 aromatic carbocycles. The van der Waals surface area contributed by atoms with Gasteiger partial charge in [0.1, 0.15) is 12.7 Å². The lowest BCUT2D eigenvalue weighted by atomic mass is 10.0. The van der Waals surface area contributed by atoms with Crippen LogP contribution in [0.15, 0.2) is 12.2 Å². The predicted molar refractivity (Wildman–Crippen MR) is 181 cm³/mol.